The molecule has 0 amide bonds. The summed E-state index contributed by atoms with van der Waals surface area (Å²) in [5.74, 6) is -1.30. The summed E-state index contributed by atoms with van der Waals surface area (Å²) in [6.45, 7) is 1.83. The number of benzene rings is 2. The van der Waals surface area contributed by atoms with Crippen molar-refractivity contribution in [3.05, 3.63) is 62.8 Å². The normalized spacial score (nSPS) is 22.4. The first-order chi connectivity index (χ1) is 10.9. The van der Waals surface area contributed by atoms with Gasteiger partial charge in [0.05, 0.1) is 12.1 Å². The molecule has 1 aliphatic heterocycles. The molecule has 120 valence electrons. The molecule has 3 rings (SSSR count). The van der Waals surface area contributed by atoms with Crippen LogP contribution in [0.2, 0.25) is 5.02 Å². The minimum atomic E-state index is -1.38. The van der Waals surface area contributed by atoms with Gasteiger partial charge in [-0.15, -0.1) is 0 Å². The van der Waals surface area contributed by atoms with E-state index >= 15 is 0 Å². The second-order valence-corrected chi connectivity index (χ2v) is 6.49. The summed E-state index contributed by atoms with van der Waals surface area (Å²) < 4.78 is 25.3. The number of carbonyl (C=O) groups is 1. The third-order valence-electron chi connectivity index (χ3n) is 4.17. The molecule has 0 aromatic heterocycles. The molecule has 2 aromatic carbocycles. The van der Waals surface area contributed by atoms with Gasteiger partial charge in [0.1, 0.15) is 11.6 Å². The lowest BCUT2D eigenvalue weighted by molar-refractivity contribution is -0.160. The van der Waals surface area contributed by atoms with Crippen molar-refractivity contribution in [3.8, 4) is 5.75 Å². The molecule has 0 fully saturated rings. The molecule has 0 bridgehead atoms. The van der Waals surface area contributed by atoms with Crippen LogP contribution in [0.15, 0.2) is 40.9 Å². The molecule has 2 aromatic rings. The van der Waals surface area contributed by atoms with Crippen LogP contribution < -0.4 is 4.74 Å². The number of methoxy groups -OCH3 is 1. The van der Waals surface area contributed by atoms with E-state index in [9.17, 15) is 9.18 Å². The van der Waals surface area contributed by atoms with Gasteiger partial charge in [-0.2, -0.15) is 0 Å². The maximum Gasteiger partial charge on any atom is 0.355 e. The molecule has 0 N–H and O–H groups in total. The van der Waals surface area contributed by atoms with E-state index in [-0.39, 0.29) is 10.8 Å². The third kappa shape index (κ3) is 2.25. The lowest BCUT2D eigenvalue weighted by atomic mass is 9.80. The van der Waals surface area contributed by atoms with Gasteiger partial charge < -0.3 is 9.47 Å². The number of hydrogen-bond acceptors (Lipinski definition) is 3. The largest absolute Gasteiger partial charge is 0.470 e. The standard InChI is InChI=1S/C17H13BrClFO3/c1-9-13-12(8-11(20)15(19)14(13)18)23-17(9,16(21)22-2)10-6-4-3-5-7-10/h3-9H,1-2H3/t9-,17-/m0/s1. The van der Waals surface area contributed by atoms with Crippen molar-refractivity contribution in [2.24, 2.45) is 0 Å². The number of halogens is 3. The molecular formula is C17H13BrClFO3. The predicted molar refractivity (Wildman–Crippen MR) is 88.3 cm³/mol. The van der Waals surface area contributed by atoms with Crippen LogP contribution in [0.3, 0.4) is 0 Å². The molecule has 0 saturated heterocycles. The van der Waals surface area contributed by atoms with Crippen LogP contribution in [0.5, 0.6) is 5.75 Å². The fourth-order valence-corrected chi connectivity index (χ4v) is 3.91. The quantitative estimate of drug-likeness (QED) is 0.537. The molecule has 1 heterocycles. The number of carbonyl (C=O) groups excluding carboxylic acids is 1. The number of esters is 1. The van der Waals surface area contributed by atoms with Gasteiger partial charge in [-0.05, 0) is 15.9 Å². The Morgan fingerprint density at radius 2 is 2.04 bits per heavy atom. The third-order valence-corrected chi connectivity index (χ3v) is 5.59. The molecule has 0 aliphatic carbocycles. The summed E-state index contributed by atoms with van der Waals surface area (Å²) in [6, 6.07) is 10.2. The summed E-state index contributed by atoms with van der Waals surface area (Å²) in [5.41, 5.74) is -0.0949. The van der Waals surface area contributed by atoms with E-state index in [0.717, 1.165) is 0 Å². The van der Waals surface area contributed by atoms with Crippen LogP contribution in [0, 0.1) is 5.82 Å². The fourth-order valence-electron chi connectivity index (χ4n) is 3.02. The summed E-state index contributed by atoms with van der Waals surface area (Å²) >= 11 is 9.30. The smallest absolute Gasteiger partial charge is 0.355 e. The first-order valence-corrected chi connectivity index (χ1v) is 8.11. The molecule has 1 aliphatic rings. The topological polar surface area (TPSA) is 35.5 Å². The van der Waals surface area contributed by atoms with E-state index in [0.29, 0.717) is 15.6 Å². The zero-order chi connectivity index (χ0) is 16.8. The average molecular weight is 400 g/mol. The molecule has 0 radical (unpaired) electrons. The maximum atomic E-state index is 13.9. The molecular weight excluding hydrogens is 387 g/mol. The Kier molecular flexibility index (Phi) is 4.10. The van der Waals surface area contributed by atoms with E-state index in [1.54, 1.807) is 12.1 Å². The van der Waals surface area contributed by atoms with Gasteiger partial charge in [-0.25, -0.2) is 9.18 Å². The molecule has 0 saturated carbocycles. The van der Waals surface area contributed by atoms with Gasteiger partial charge in [0, 0.05) is 27.6 Å². The lowest BCUT2D eigenvalue weighted by Gasteiger charge is -2.30. The van der Waals surface area contributed by atoms with Crippen LogP contribution in [-0.2, 0) is 15.1 Å². The maximum absolute atomic E-state index is 13.9. The minimum absolute atomic E-state index is 0.0343. The van der Waals surface area contributed by atoms with Gasteiger partial charge in [0.15, 0.2) is 0 Å². The number of rotatable bonds is 2. The lowest BCUT2D eigenvalue weighted by Crippen LogP contribution is -2.43. The summed E-state index contributed by atoms with van der Waals surface area (Å²) in [5, 5.41) is -0.0343. The first kappa shape index (κ1) is 16.3. The van der Waals surface area contributed by atoms with Crippen LogP contribution in [0.25, 0.3) is 0 Å². The Morgan fingerprint density at radius 3 is 2.65 bits per heavy atom. The van der Waals surface area contributed by atoms with Crippen molar-refractivity contribution in [2.75, 3.05) is 7.11 Å². The van der Waals surface area contributed by atoms with Crippen LogP contribution in [0.1, 0.15) is 24.0 Å². The molecule has 3 nitrogen and oxygen atoms in total. The minimum Gasteiger partial charge on any atom is -0.470 e. The van der Waals surface area contributed by atoms with Crippen LogP contribution in [-0.4, -0.2) is 13.1 Å². The average Bonchev–Trinajstić information content (AvgIpc) is 2.86. The van der Waals surface area contributed by atoms with Gasteiger partial charge in [-0.3, -0.25) is 0 Å². The number of ether oxygens (including phenoxy) is 2. The van der Waals surface area contributed by atoms with Gasteiger partial charge in [-0.1, -0.05) is 48.9 Å². The van der Waals surface area contributed by atoms with Crippen molar-refractivity contribution in [2.45, 2.75) is 18.4 Å². The van der Waals surface area contributed by atoms with Gasteiger partial charge in [0.25, 0.3) is 0 Å². The zero-order valence-electron chi connectivity index (χ0n) is 12.4. The highest BCUT2D eigenvalue weighted by Crippen LogP contribution is 2.54. The highest BCUT2D eigenvalue weighted by atomic mass is 79.9. The number of fused-ring (bicyclic) bond motifs is 1. The molecule has 6 heteroatoms. The van der Waals surface area contributed by atoms with E-state index in [1.807, 2.05) is 25.1 Å². The Morgan fingerprint density at radius 1 is 1.39 bits per heavy atom. The van der Waals surface area contributed by atoms with Crippen molar-refractivity contribution in [3.63, 3.8) is 0 Å². The van der Waals surface area contributed by atoms with Crippen molar-refractivity contribution in [1.29, 1.82) is 0 Å². The Bertz CT molecular complexity index is 781. The van der Waals surface area contributed by atoms with Crippen LogP contribution >= 0.6 is 27.5 Å². The first-order valence-electron chi connectivity index (χ1n) is 6.93. The van der Waals surface area contributed by atoms with Crippen molar-refractivity contribution < 1.29 is 18.7 Å². The summed E-state index contributed by atoms with van der Waals surface area (Å²) in [6.07, 6.45) is 0. The summed E-state index contributed by atoms with van der Waals surface area (Å²) in [4.78, 5) is 12.6. The van der Waals surface area contributed by atoms with Crippen molar-refractivity contribution >= 4 is 33.5 Å². The Balaban J connectivity index is 2.25. The van der Waals surface area contributed by atoms with E-state index < -0.39 is 23.3 Å². The molecule has 0 unspecified atom stereocenters. The Labute approximate surface area is 146 Å². The van der Waals surface area contributed by atoms with E-state index in [1.165, 1.54) is 13.2 Å². The molecule has 23 heavy (non-hydrogen) atoms. The monoisotopic (exact) mass is 398 g/mol. The van der Waals surface area contributed by atoms with Gasteiger partial charge in [0.2, 0.25) is 5.60 Å². The predicted octanol–water partition coefficient (Wildman–Crippen LogP) is 4.81. The van der Waals surface area contributed by atoms with E-state index in [4.69, 9.17) is 21.1 Å². The second-order valence-electron chi connectivity index (χ2n) is 5.32. The van der Waals surface area contributed by atoms with E-state index in [2.05, 4.69) is 15.9 Å². The fraction of sp³-hybridized carbons (Fsp3) is 0.235. The van der Waals surface area contributed by atoms with Crippen molar-refractivity contribution in [1.82, 2.24) is 0 Å². The molecule has 2 atom stereocenters. The van der Waals surface area contributed by atoms with Crippen LogP contribution in [0.4, 0.5) is 4.39 Å². The highest BCUT2D eigenvalue weighted by Gasteiger charge is 2.55. The molecule has 0 spiro atoms. The SMILES string of the molecule is COC(=O)[C@]1(c2ccccc2)Oc2cc(F)c(Cl)c(Br)c2[C@@H]1C. The Hall–Kier alpha value is -1.59. The summed E-state index contributed by atoms with van der Waals surface area (Å²) in [7, 11) is 1.30. The van der Waals surface area contributed by atoms with Gasteiger partial charge >= 0.3 is 5.97 Å². The zero-order valence-corrected chi connectivity index (χ0v) is 14.7. The number of hydrogen-bond donors (Lipinski definition) is 0. The highest BCUT2D eigenvalue weighted by molar-refractivity contribution is 9.10. The second kappa shape index (κ2) is 5.80.